The van der Waals surface area contributed by atoms with Gasteiger partial charge in [0.15, 0.2) is 0 Å². The van der Waals surface area contributed by atoms with Crippen LogP contribution in [0.2, 0.25) is 0 Å². The fourth-order valence-corrected chi connectivity index (χ4v) is 3.12. The Bertz CT molecular complexity index is 633. The van der Waals surface area contributed by atoms with Crippen LogP contribution >= 0.6 is 15.9 Å². The third-order valence-electron chi connectivity index (χ3n) is 3.87. The molecule has 1 heterocycles. The molecule has 0 radical (unpaired) electrons. The molecule has 1 atom stereocenters. The van der Waals surface area contributed by atoms with Crippen LogP contribution in [0.5, 0.6) is 0 Å². The van der Waals surface area contributed by atoms with Crippen molar-refractivity contribution in [2.45, 2.75) is 39.8 Å². The summed E-state index contributed by atoms with van der Waals surface area (Å²) in [7, 11) is 1.97. The monoisotopic (exact) mass is 353 g/mol. The van der Waals surface area contributed by atoms with Crippen molar-refractivity contribution in [3.8, 4) is 0 Å². The van der Waals surface area contributed by atoms with Gasteiger partial charge in [0.1, 0.15) is 5.82 Å². The van der Waals surface area contributed by atoms with Crippen LogP contribution < -0.4 is 5.32 Å². The molecule has 21 heavy (non-hydrogen) atoms. The molecule has 2 rings (SSSR count). The van der Waals surface area contributed by atoms with Crippen molar-refractivity contribution in [3.63, 3.8) is 0 Å². The summed E-state index contributed by atoms with van der Waals surface area (Å²) in [6.07, 6.45) is 1.01. The van der Waals surface area contributed by atoms with Gasteiger partial charge in [-0.2, -0.15) is 5.10 Å². The molecule has 1 aromatic carbocycles. The van der Waals surface area contributed by atoms with E-state index in [-0.39, 0.29) is 5.82 Å². The summed E-state index contributed by atoms with van der Waals surface area (Å²) in [5, 5.41) is 7.95. The van der Waals surface area contributed by atoms with E-state index in [9.17, 15) is 4.39 Å². The van der Waals surface area contributed by atoms with Gasteiger partial charge in [0.25, 0.3) is 0 Å². The van der Waals surface area contributed by atoms with E-state index in [0.717, 1.165) is 27.8 Å². The summed E-state index contributed by atoms with van der Waals surface area (Å²) in [5.74, 6) is -0.225. The van der Waals surface area contributed by atoms with Gasteiger partial charge in [0.05, 0.1) is 12.2 Å². The molecule has 0 fully saturated rings. The highest BCUT2D eigenvalue weighted by Crippen LogP contribution is 2.26. The number of aryl methyl sites for hydroxylation is 1. The second-order valence-corrected chi connectivity index (χ2v) is 6.08. The van der Waals surface area contributed by atoms with E-state index in [1.807, 2.05) is 18.7 Å². The average molecular weight is 354 g/mol. The first-order valence-electron chi connectivity index (χ1n) is 7.13. The maximum Gasteiger partial charge on any atom is 0.123 e. The van der Waals surface area contributed by atoms with Gasteiger partial charge in [0.2, 0.25) is 0 Å². The predicted octanol–water partition coefficient (Wildman–Crippen LogP) is 4.12. The lowest BCUT2D eigenvalue weighted by Crippen LogP contribution is -2.17. The van der Waals surface area contributed by atoms with Gasteiger partial charge in [-0.15, -0.1) is 0 Å². The first-order valence-corrected chi connectivity index (χ1v) is 7.92. The number of nitrogens with one attached hydrogen (secondary N) is 1. The van der Waals surface area contributed by atoms with Gasteiger partial charge in [-0.05, 0) is 51.1 Å². The summed E-state index contributed by atoms with van der Waals surface area (Å²) in [4.78, 5) is 0. The lowest BCUT2D eigenvalue weighted by Gasteiger charge is -2.15. The zero-order chi connectivity index (χ0) is 15.6. The smallest absolute Gasteiger partial charge is 0.123 e. The van der Waals surface area contributed by atoms with Crippen LogP contribution in [0.3, 0.4) is 0 Å². The number of hydrogen-bond acceptors (Lipinski definition) is 2. The topological polar surface area (TPSA) is 29.9 Å². The number of nitrogens with zero attached hydrogens (tertiary/aromatic N) is 2. The molecule has 1 unspecified atom stereocenters. The Morgan fingerprint density at radius 1 is 1.38 bits per heavy atom. The van der Waals surface area contributed by atoms with Crippen molar-refractivity contribution >= 4 is 15.9 Å². The normalized spacial score (nSPS) is 12.7. The Morgan fingerprint density at radius 2 is 2.10 bits per heavy atom. The highest BCUT2D eigenvalue weighted by atomic mass is 79.9. The molecule has 5 heteroatoms. The summed E-state index contributed by atoms with van der Waals surface area (Å²) < 4.78 is 16.3. The molecule has 1 N–H and O–H groups in total. The molecular weight excluding hydrogens is 333 g/mol. The molecule has 3 nitrogen and oxygen atoms in total. The minimum atomic E-state index is -0.225. The molecule has 0 bridgehead atoms. The lowest BCUT2D eigenvalue weighted by molar-refractivity contribution is 0.568. The molecular formula is C16H21BrFN3. The standard InChI is InChI=1S/C16H21BrFN3/c1-5-15(19-4)16-10(2)20-21(11(16)3)9-12-8-13(18)6-7-14(12)17/h6-8,15,19H,5,9H2,1-4H3. The SMILES string of the molecule is CCC(NC)c1c(C)nn(Cc2cc(F)ccc2Br)c1C. The number of rotatable bonds is 5. The quantitative estimate of drug-likeness (QED) is 0.875. The van der Waals surface area contributed by atoms with E-state index in [1.165, 1.54) is 11.6 Å². The second-order valence-electron chi connectivity index (χ2n) is 5.23. The molecule has 0 aliphatic heterocycles. The van der Waals surface area contributed by atoms with Gasteiger partial charge >= 0.3 is 0 Å². The summed E-state index contributed by atoms with van der Waals surface area (Å²) in [6.45, 7) is 6.81. The summed E-state index contributed by atoms with van der Waals surface area (Å²) in [5.41, 5.74) is 4.29. The van der Waals surface area contributed by atoms with Crippen molar-refractivity contribution in [3.05, 3.63) is 51.0 Å². The molecule has 1 aromatic heterocycles. The van der Waals surface area contributed by atoms with Crippen LogP contribution in [-0.2, 0) is 6.54 Å². The van der Waals surface area contributed by atoms with Crippen LogP contribution in [0.25, 0.3) is 0 Å². The van der Waals surface area contributed by atoms with E-state index in [2.05, 4.69) is 40.2 Å². The predicted molar refractivity (Wildman–Crippen MR) is 87.0 cm³/mol. The Hall–Kier alpha value is -1.20. The highest BCUT2D eigenvalue weighted by Gasteiger charge is 2.18. The molecule has 0 amide bonds. The van der Waals surface area contributed by atoms with Crippen LogP contribution in [0.1, 0.15) is 41.9 Å². The number of aromatic nitrogens is 2. The first-order chi connectivity index (χ1) is 9.97. The average Bonchev–Trinajstić information content (AvgIpc) is 2.72. The highest BCUT2D eigenvalue weighted by molar-refractivity contribution is 9.10. The van der Waals surface area contributed by atoms with Crippen LogP contribution in [0.4, 0.5) is 4.39 Å². The van der Waals surface area contributed by atoms with Crippen LogP contribution in [0.15, 0.2) is 22.7 Å². The van der Waals surface area contributed by atoms with Crippen LogP contribution in [-0.4, -0.2) is 16.8 Å². The van der Waals surface area contributed by atoms with Gasteiger partial charge in [-0.3, -0.25) is 4.68 Å². The molecule has 0 aliphatic rings. The van der Waals surface area contributed by atoms with Crippen LogP contribution in [0, 0.1) is 19.7 Å². The molecule has 2 aromatic rings. The largest absolute Gasteiger partial charge is 0.313 e. The molecule has 0 aliphatic carbocycles. The van der Waals surface area contributed by atoms with Crippen molar-refractivity contribution in [2.24, 2.45) is 0 Å². The van der Waals surface area contributed by atoms with E-state index >= 15 is 0 Å². The molecule has 0 spiro atoms. The van der Waals surface area contributed by atoms with E-state index < -0.39 is 0 Å². The van der Waals surface area contributed by atoms with Gasteiger partial charge in [-0.25, -0.2) is 4.39 Å². The second kappa shape index (κ2) is 6.71. The van der Waals surface area contributed by atoms with Gasteiger partial charge < -0.3 is 5.32 Å². The van der Waals surface area contributed by atoms with Crippen molar-refractivity contribution < 1.29 is 4.39 Å². The third kappa shape index (κ3) is 3.35. The van der Waals surface area contributed by atoms with E-state index in [1.54, 1.807) is 12.1 Å². The first kappa shape index (κ1) is 16.2. The van der Waals surface area contributed by atoms with Gasteiger partial charge in [-0.1, -0.05) is 22.9 Å². The fraction of sp³-hybridized carbons (Fsp3) is 0.438. The third-order valence-corrected chi connectivity index (χ3v) is 4.64. The zero-order valence-electron chi connectivity index (χ0n) is 12.9. The molecule has 0 saturated carbocycles. The zero-order valence-corrected chi connectivity index (χ0v) is 14.5. The minimum Gasteiger partial charge on any atom is -0.313 e. The van der Waals surface area contributed by atoms with Gasteiger partial charge in [0, 0.05) is 21.8 Å². The Kier molecular flexibility index (Phi) is 5.17. The lowest BCUT2D eigenvalue weighted by atomic mass is 10.0. The Morgan fingerprint density at radius 3 is 2.71 bits per heavy atom. The Labute approximate surface area is 133 Å². The number of halogens is 2. The fourth-order valence-electron chi connectivity index (χ4n) is 2.75. The number of hydrogen-bond donors (Lipinski definition) is 1. The molecule has 0 saturated heterocycles. The van der Waals surface area contributed by atoms with Crippen molar-refractivity contribution in [1.82, 2.24) is 15.1 Å². The Balaban J connectivity index is 2.38. The summed E-state index contributed by atoms with van der Waals surface area (Å²) in [6, 6.07) is 5.04. The van der Waals surface area contributed by atoms with E-state index in [4.69, 9.17) is 0 Å². The van der Waals surface area contributed by atoms with Crippen molar-refractivity contribution in [1.29, 1.82) is 0 Å². The maximum atomic E-state index is 13.4. The van der Waals surface area contributed by atoms with E-state index in [0.29, 0.717) is 12.6 Å². The maximum absolute atomic E-state index is 13.4. The van der Waals surface area contributed by atoms with Crippen molar-refractivity contribution in [2.75, 3.05) is 7.05 Å². The molecule has 114 valence electrons. The summed E-state index contributed by atoms with van der Waals surface area (Å²) >= 11 is 3.47. The minimum absolute atomic E-state index is 0.225. The number of benzene rings is 1.